The molecule has 3 rings (SSSR count). The second kappa shape index (κ2) is 13.2. The van der Waals surface area contributed by atoms with Crippen molar-refractivity contribution >= 4 is 23.9 Å². The minimum atomic E-state index is -0.305. The molecular weight excluding hydrogens is 436 g/mol. The van der Waals surface area contributed by atoms with E-state index in [1.54, 1.807) is 35.4 Å². The third kappa shape index (κ3) is 8.22. The maximum Gasteiger partial charge on any atom is 0.273 e. The lowest BCUT2D eigenvalue weighted by Gasteiger charge is -2.03. The van der Waals surface area contributed by atoms with E-state index in [4.69, 9.17) is 5.84 Å². The van der Waals surface area contributed by atoms with Crippen molar-refractivity contribution < 1.29 is 9.59 Å². The SMILES string of the molecule is NN=C(C=NCCCCn1cc(C(=O)NCc2ccccn2)nn1)NC(=O)Cc1ccccn1. The number of rotatable bonds is 11. The number of hydrazone groups is 1. The van der Waals surface area contributed by atoms with E-state index >= 15 is 0 Å². The van der Waals surface area contributed by atoms with E-state index in [1.807, 2.05) is 24.3 Å². The van der Waals surface area contributed by atoms with Gasteiger partial charge in [0.15, 0.2) is 11.5 Å². The fraction of sp³-hybridized carbons (Fsp3) is 0.273. The van der Waals surface area contributed by atoms with Gasteiger partial charge in [0.25, 0.3) is 5.91 Å². The summed E-state index contributed by atoms with van der Waals surface area (Å²) >= 11 is 0. The van der Waals surface area contributed by atoms with Gasteiger partial charge < -0.3 is 16.5 Å². The number of aliphatic imine (C=N–C) groups is 1. The van der Waals surface area contributed by atoms with E-state index in [9.17, 15) is 9.59 Å². The highest BCUT2D eigenvalue weighted by Gasteiger charge is 2.10. The van der Waals surface area contributed by atoms with E-state index in [1.165, 1.54) is 6.21 Å². The molecule has 12 nitrogen and oxygen atoms in total. The summed E-state index contributed by atoms with van der Waals surface area (Å²) < 4.78 is 1.62. The Balaban J connectivity index is 1.33. The molecule has 4 N–H and O–H groups in total. The molecule has 12 heteroatoms. The number of nitrogens with two attached hydrogens (primary N) is 1. The summed E-state index contributed by atoms with van der Waals surface area (Å²) in [5, 5.41) is 16.8. The number of unbranched alkanes of at least 4 members (excludes halogenated alkanes) is 1. The van der Waals surface area contributed by atoms with Gasteiger partial charge in [-0.05, 0) is 37.1 Å². The number of aryl methyl sites for hydroxylation is 1. The number of aromatic nitrogens is 5. The highest BCUT2D eigenvalue weighted by molar-refractivity contribution is 6.32. The molecule has 0 aromatic carbocycles. The number of amides is 2. The van der Waals surface area contributed by atoms with Crippen LogP contribution in [0.25, 0.3) is 0 Å². The van der Waals surface area contributed by atoms with Gasteiger partial charge in [-0.3, -0.25) is 29.2 Å². The highest BCUT2D eigenvalue weighted by atomic mass is 16.2. The summed E-state index contributed by atoms with van der Waals surface area (Å²) in [7, 11) is 0. The van der Waals surface area contributed by atoms with Gasteiger partial charge in [0, 0.05) is 31.2 Å². The second-order valence-electron chi connectivity index (χ2n) is 7.17. The molecule has 0 aliphatic rings. The smallest absolute Gasteiger partial charge is 0.273 e. The number of hydrogen-bond donors (Lipinski definition) is 3. The maximum absolute atomic E-state index is 12.2. The molecule has 0 bridgehead atoms. The van der Waals surface area contributed by atoms with Gasteiger partial charge in [-0.15, -0.1) is 5.10 Å². The number of hydrogen-bond acceptors (Lipinski definition) is 9. The monoisotopic (exact) mass is 462 g/mol. The summed E-state index contributed by atoms with van der Waals surface area (Å²) in [6.07, 6.45) is 7.98. The molecule has 0 aliphatic heterocycles. The quantitative estimate of drug-likeness (QED) is 0.122. The van der Waals surface area contributed by atoms with Crippen molar-refractivity contribution in [1.29, 1.82) is 0 Å². The lowest BCUT2D eigenvalue weighted by atomic mass is 10.2. The van der Waals surface area contributed by atoms with Gasteiger partial charge in [-0.2, -0.15) is 5.10 Å². The van der Waals surface area contributed by atoms with E-state index in [2.05, 4.69) is 41.0 Å². The zero-order valence-electron chi connectivity index (χ0n) is 18.5. The molecule has 0 radical (unpaired) electrons. The van der Waals surface area contributed by atoms with E-state index in [0.29, 0.717) is 25.3 Å². The first-order valence-electron chi connectivity index (χ1n) is 10.7. The van der Waals surface area contributed by atoms with Crippen molar-refractivity contribution in [3.05, 3.63) is 72.1 Å². The predicted octanol–water partition coefficient (Wildman–Crippen LogP) is 0.480. The van der Waals surface area contributed by atoms with Gasteiger partial charge in [0.2, 0.25) is 5.91 Å². The molecule has 0 unspecified atom stereocenters. The molecule has 2 amide bonds. The summed E-state index contributed by atoms with van der Waals surface area (Å²) in [4.78, 5) is 36.7. The van der Waals surface area contributed by atoms with Crippen molar-refractivity contribution in [2.45, 2.75) is 32.4 Å². The van der Waals surface area contributed by atoms with Crippen molar-refractivity contribution in [2.75, 3.05) is 6.54 Å². The van der Waals surface area contributed by atoms with Crippen molar-refractivity contribution in [3.63, 3.8) is 0 Å². The number of carbonyl (C=O) groups excluding carboxylic acids is 2. The fourth-order valence-corrected chi connectivity index (χ4v) is 2.86. The number of pyridine rings is 2. The summed E-state index contributed by atoms with van der Waals surface area (Å²) in [5.74, 6) is 4.92. The maximum atomic E-state index is 12.2. The van der Waals surface area contributed by atoms with Crippen LogP contribution < -0.4 is 16.5 Å². The van der Waals surface area contributed by atoms with Crippen molar-refractivity contribution in [1.82, 2.24) is 35.6 Å². The topological polar surface area (TPSA) is 165 Å². The first-order valence-corrected chi connectivity index (χ1v) is 10.7. The van der Waals surface area contributed by atoms with Crippen LogP contribution in [0.2, 0.25) is 0 Å². The molecule has 0 saturated heterocycles. The van der Waals surface area contributed by atoms with E-state index in [0.717, 1.165) is 18.5 Å². The number of carbonyl (C=O) groups is 2. The Bertz CT molecular complexity index is 1110. The molecule has 0 saturated carbocycles. The zero-order chi connectivity index (χ0) is 24.0. The Morgan fingerprint density at radius 2 is 1.82 bits per heavy atom. The summed E-state index contributed by atoms with van der Waals surface area (Å²) in [6.45, 7) is 1.43. The van der Waals surface area contributed by atoms with Gasteiger partial charge in [0.1, 0.15) is 0 Å². The van der Waals surface area contributed by atoms with E-state index in [-0.39, 0.29) is 29.8 Å². The Hall–Kier alpha value is -4.48. The minimum absolute atomic E-state index is 0.120. The molecule has 176 valence electrons. The van der Waals surface area contributed by atoms with Crippen LogP contribution in [0.15, 0.2) is 65.1 Å². The van der Waals surface area contributed by atoms with Gasteiger partial charge >= 0.3 is 0 Å². The largest absolute Gasteiger partial charge is 0.345 e. The molecule has 0 atom stereocenters. The summed E-state index contributed by atoms with van der Waals surface area (Å²) in [5.41, 5.74) is 1.66. The first-order chi connectivity index (χ1) is 16.6. The molecule has 3 aromatic rings. The average Bonchev–Trinajstić information content (AvgIpc) is 3.34. The molecule has 34 heavy (non-hydrogen) atoms. The highest BCUT2D eigenvalue weighted by Crippen LogP contribution is 1.99. The Kier molecular flexibility index (Phi) is 9.35. The van der Waals surface area contributed by atoms with Crippen molar-refractivity contribution in [2.24, 2.45) is 15.9 Å². The third-order valence-corrected chi connectivity index (χ3v) is 4.54. The van der Waals surface area contributed by atoms with Crippen molar-refractivity contribution in [3.8, 4) is 0 Å². The zero-order valence-corrected chi connectivity index (χ0v) is 18.5. The van der Waals surface area contributed by atoms with Crippen LogP contribution in [0.5, 0.6) is 0 Å². The third-order valence-electron chi connectivity index (χ3n) is 4.54. The van der Waals surface area contributed by atoms with E-state index < -0.39 is 0 Å². The first kappa shape index (κ1) is 24.2. The van der Waals surface area contributed by atoms with Crippen LogP contribution in [0.1, 0.15) is 34.7 Å². The molecule has 3 heterocycles. The van der Waals surface area contributed by atoms with Crippen LogP contribution in [0, 0.1) is 0 Å². The Morgan fingerprint density at radius 1 is 1.06 bits per heavy atom. The number of amidine groups is 1. The lowest BCUT2D eigenvalue weighted by molar-refractivity contribution is -0.119. The summed E-state index contributed by atoms with van der Waals surface area (Å²) in [6, 6.07) is 10.9. The molecule has 0 spiro atoms. The number of nitrogens with zero attached hydrogens (tertiary/aromatic N) is 7. The second-order valence-corrected chi connectivity index (χ2v) is 7.17. The Morgan fingerprint density at radius 3 is 2.53 bits per heavy atom. The van der Waals surface area contributed by atoms with Gasteiger partial charge in [-0.1, -0.05) is 17.3 Å². The molecule has 3 aromatic heterocycles. The minimum Gasteiger partial charge on any atom is -0.345 e. The van der Waals surface area contributed by atoms with Crippen LogP contribution >= 0.6 is 0 Å². The van der Waals surface area contributed by atoms with Crippen LogP contribution in [0.4, 0.5) is 0 Å². The standard InChI is InChI=1S/C22H26N10O2/c23-29-20(28-21(33)13-17-7-1-3-10-25-17)15-24-9-5-6-12-32-16-19(30-31-32)22(34)27-14-18-8-2-4-11-26-18/h1-4,7-8,10-11,15-16H,5-6,9,12-14,23H2,(H,27,34)(H,28,29,33). The molecule has 0 fully saturated rings. The number of nitrogens with one attached hydrogen (secondary N) is 2. The molecule has 0 aliphatic carbocycles. The lowest BCUT2D eigenvalue weighted by Crippen LogP contribution is -2.33. The fourth-order valence-electron chi connectivity index (χ4n) is 2.86. The Labute approximate surface area is 196 Å². The normalized spacial score (nSPS) is 11.5. The van der Waals surface area contributed by atoms with Gasteiger partial charge in [-0.25, -0.2) is 0 Å². The van der Waals surface area contributed by atoms with Crippen LogP contribution in [-0.2, 0) is 24.3 Å². The van der Waals surface area contributed by atoms with Crippen LogP contribution in [-0.4, -0.2) is 55.4 Å². The predicted molar refractivity (Wildman–Crippen MR) is 126 cm³/mol. The van der Waals surface area contributed by atoms with Crippen LogP contribution in [0.3, 0.4) is 0 Å². The average molecular weight is 463 g/mol. The molecular formula is C22H26N10O2. The van der Waals surface area contributed by atoms with Gasteiger partial charge in [0.05, 0.1) is 31.1 Å².